The van der Waals surface area contributed by atoms with Crippen molar-refractivity contribution in [3.8, 4) is 0 Å². The van der Waals surface area contributed by atoms with Gasteiger partial charge in [0, 0.05) is 5.41 Å². The molecule has 2 aliphatic carbocycles. The number of rotatable bonds is 5. The predicted molar refractivity (Wildman–Crippen MR) is 76.6 cm³/mol. The zero-order valence-corrected chi connectivity index (χ0v) is 12.6. The van der Waals surface area contributed by atoms with E-state index < -0.39 is 0 Å². The molecule has 4 nitrogen and oxygen atoms in total. The summed E-state index contributed by atoms with van der Waals surface area (Å²) in [5.74, 6) is -0.699. The molecular weight excluding hydrogens is 268 g/mol. The molecule has 2 atom stereocenters. The van der Waals surface area contributed by atoms with Crippen molar-refractivity contribution >= 4 is 11.9 Å². The first-order valence-corrected chi connectivity index (χ1v) is 7.49. The Morgan fingerprint density at radius 1 is 1.00 bits per heavy atom. The van der Waals surface area contributed by atoms with Crippen LogP contribution in [0, 0.1) is 24.7 Å². The first-order valence-electron chi connectivity index (χ1n) is 7.49. The fourth-order valence-electron chi connectivity index (χ4n) is 3.68. The van der Waals surface area contributed by atoms with Gasteiger partial charge in [-0.25, -0.2) is 0 Å². The third kappa shape index (κ3) is 1.88. The van der Waals surface area contributed by atoms with Crippen LogP contribution in [0.15, 0.2) is 24.3 Å². The lowest BCUT2D eigenvalue weighted by atomic mass is 9.89. The number of carbonyl (C=O) groups is 2. The summed E-state index contributed by atoms with van der Waals surface area (Å²) in [5, 5.41) is 0. The summed E-state index contributed by atoms with van der Waals surface area (Å²) >= 11 is 0. The van der Waals surface area contributed by atoms with Crippen LogP contribution in [0.3, 0.4) is 0 Å². The number of benzene rings is 1. The molecule has 0 saturated heterocycles. The van der Waals surface area contributed by atoms with Gasteiger partial charge in [-0.2, -0.15) is 0 Å². The number of esters is 2. The summed E-state index contributed by atoms with van der Waals surface area (Å²) in [6, 6.07) is 8.06. The van der Waals surface area contributed by atoms with Crippen LogP contribution < -0.4 is 0 Å². The monoisotopic (exact) mass is 288 g/mol. The molecule has 0 N–H and O–H groups in total. The van der Waals surface area contributed by atoms with Crippen molar-refractivity contribution in [2.75, 3.05) is 13.2 Å². The first kappa shape index (κ1) is 14.1. The van der Waals surface area contributed by atoms with Gasteiger partial charge in [0.25, 0.3) is 0 Å². The van der Waals surface area contributed by atoms with Crippen LogP contribution in [0.1, 0.15) is 25.0 Å². The van der Waals surface area contributed by atoms with Gasteiger partial charge in [-0.15, -0.1) is 0 Å². The lowest BCUT2D eigenvalue weighted by Gasteiger charge is -2.18. The fourth-order valence-corrected chi connectivity index (χ4v) is 3.68. The maximum absolute atomic E-state index is 12.0. The van der Waals surface area contributed by atoms with E-state index in [1.807, 2.05) is 31.2 Å². The Morgan fingerprint density at radius 3 is 1.90 bits per heavy atom. The third-order valence-electron chi connectivity index (χ3n) is 4.71. The molecule has 0 radical (unpaired) electrons. The van der Waals surface area contributed by atoms with Crippen molar-refractivity contribution in [2.45, 2.75) is 26.2 Å². The molecule has 2 saturated carbocycles. The van der Waals surface area contributed by atoms with E-state index in [4.69, 9.17) is 9.47 Å². The van der Waals surface area contributed by atoms with Gasteiger partial charge in [-0.1, -0.05) is 29.8 Å². The second-order valence-electron chi connectivity index (χ2n) is 5.78. The minimum atomic E-state index is -0.369. The molecule has 1 aromatic carbocycles. The summed E-state index contributed by atoms with van der Waals surface area (Å²) < 4.78 is 10.3. The van der Waals surface area contributed by atoms with Crippen molar-refractivity contribution < 1.29 is 19.1 Å². The highest BCUT2D eigenvalue weighted by molar-refractivity contribution is 5.94. The van der Waals surface area contributed by atoms with Gasteiger partial charge in [-0.3, -0.25) is 9.59 Å². The summed E-state index contributed by atoms with van der Waals surface area (Å²) in [4.78, 5) is 24.1. The zero-order valence-electron chi connectivity index (χ0n) is 12.6. The van der Waals surface area contributed by atoms with E-state index in [1.54, 1.807) is 13.8 Å². The molecule has 0 aromatic heterocycles. The van der Waals surface area contributed by atoms with Crippen LogP contribution in [0.2, 0.25) is 0 Å². The summed E-state index contributed by atoms with van der Waals surface area (Å²) in [6.45, 7) is 6.36. The average Bonchev–Trinajstić information content (AvgIpc) is 3.28. The van der Waals surface area contributed by atoms with Crippen LogP contribution in [0.4, 0.5) is 0 Å². The molecular formula is C17H20O4. The van der Waals surface area contributed by atoms with Crippen LogP contribution in [-0.2, 0) is 24.5 Å². The highest BCUT2D eigenvalue weighted by Gasteiger charge is 2.92. The minimum absolute atomic E-state index is 0.0540. The number of ether oxygens (including phenoxy) is 2. The van der Waals surface area contributed by atoms with E-state index in [1.165, 1.54) is 0 Å². The van der Waals surface area contributed by atoms with Crippen LogP contribution >= 0.6 is 0 Å². The minimum Gasteiger partial charge on any atom is -0.466 e. The van der Waals surface area contributed by atoms with E-state index in [2.05, 4.69) is 0 Å². The summed E-state index contributed by atoms with van der Waals surface area (Å²) in [7, 11) is 0. The lowest BCUT2D eigenvalue weighted by molar-refractivity contribution is -0.151. The SMILES string of the molecule is CCOC(=O)[C@@H]1C2[C@@H](C(=O)OCC)C21c1ccc(C)cc1. The predicted octanol–water partition coefficient (Wildman–Crippen LogP) is 2.23. The summed E-state index contributed by atoms with van der Waals surface area (Å²) in [6.07, 6.45) is 0. The summed E-state index contributed by atoms with van der Waals surface area (Å²) in [5.41, 5.74) is 1.84. The second kappa shape index (κ2) is 4.86. The third-order valence-corrected chi connectivity index (χ3v) is 4.71. The van der Waals surface area contributed by atoms with E-state index in [-0.39, 0.29) is 35.1 Å². The smallest absolute Gasteiger partial charge is 0.310 e. The van der Waals surface area contributed by atoms with Crippen molar-refractivity contribution in [1.29, 1.82) is 0 Å². The van der Waals surface area contributed by atoms with Gasteiger partial charge in [0.05, 0.1) is 25.0 Å². The van der Waals surface area contributed by atoms with Crippen LogP contribution in [-0.4, -0.2) is 25.2 Å². The van der Waals surface area contributed by atoms with Gasteiger partial charge in [0.1, 0.15) is 0 Å². The van der Waals surface area contributed by atoms with Gasteiger partial charge in [0.15, 0.2) is 0 Å². The van der Waals surface area contributed by atoms with Crippen molar-refractivity contribution in [2.24, 2.45) is 17.8 Å². The molecule has 2 aliphatic rings. The fraction of sp³-hybridized carbons (Fsp3) is 0.529. The Kier molecular flexibility index (Phi) is 3.27. The lowest BCUT2D eigenvalue weighted by Crippen LogP contribution is -2.28. The molecule has 4 heteroatoms. The Balaban J connectivity index is 1.85. The molecule has 0 aliphatic heterocycles. The molecule has 0 heterocycles. The average molecular weight is 288 g/mol. The number of aryl methyl sites for hydroxylation is 1. The maximum Gasteiger partial charge on any atom is 0.310 e. The molecule has 0 spiro atoms. The molecule has 1 aromatic rings. The zero-order chi connectivity index (χ0) is 15.2. The van der Waals surface area contributed by atoms with E-state index in [0.717, 1.165) is 11.1 Å². The Bertz CT molecular complexity index is 549. The molecule has 112 valence electrons. The van der Waals surface area contributed by atoms with Crippen LogP contribution in [0.5, 0.6) is 0 Å². The number of hydrogen-bond acceptors (Lipinski definition) is 4. The largest absolute Gasteiger partial charge is 0.466 e. The van der Waals surface area contributed by atoms with Gasteiger partial charge >= 0.3 is 11.9 Å². The van der Waals surface area contributed by atoms with Crippen molar-refractivity contribution in [3.63, 3.8) is 0 Å². The van der Waals surface area contributed by atoms with Crippen molar-refractivity contribution in [1.82, 2.24) is 0 Å². The maximum atomic E-state index is 12.0. The molecule has 21 heavy (non-hydrogen) atoms. The molecule has 0 bridgehead atoms. The number of fused-ring (bicyclic) bond motifs is 1. The Morgan fingerprint density at radius 2 is 1.48 bits per heavy atom. The molecule has 0 unspecified atom stereocenters. The normalized spacial score (nSPS) is 32.0. The number of carbonyl (C=O) groups excluding carboxylic acids is 2. The Hall–Kier alpha value is -1.84. The quantitative estimate of drug-likeness (QED) is 0.780. The molecule has 0 amide bonds. The van der Waals surface area contributed by atoms with Gasteiger partial charge in [0.2, 0.25) is 0 Å². The standard InChI is InChI=1S/C17H20O4/c1-4-20-15(18)13-12-14(16(19)21-5-2)17(12,13)11-8-6-10(3)7-9-11/h6-9,12-14H,4-5H2,1-3H3/t12?,13-,14-,17?/m0/s1. The van der Waals surface area contributed by atoms with Crippen molar-refractivity contribution in [3.05, 3.63) is 35.4 Å². The van der Waals surface area contributed by atoms with Gasteiger partial charge < -0.3 is 9.47 Å². The van der Waals surface area contributed by atoms with Crippen LogP contribution in [0.25, 0.3) is 0 Å². The topological polar surface area (TPSA) is 52.6 Å². The first-order chi connectivity index (χ1) is 10.1. The van der Waals surface area contributed by atoms with E-state index in [9.17, 15) is 9.59 Å². The Labute approximate surface area is 124 Å². The second-order valence-corrected chi connectivity index (χ2v) is 5.78. The van der Waals surface area contributed by atoms with E-state index in [0.29, 0.717) is 13.2 Å². The molecule has 3 rings (SSSR count). The van der Waals surface area contributed by atoms with Gasteiger partial charge in [-0.05, 0) is 32.3 Å². The molecule has 2 fully saturated rings. The highest BCUT2D eigenvalue weighted by Crippen LogP contribution is 2.84. The number of hydrogen-bond donors (Lipinski definition) is 0. The highest BCUT2D eigenvalue weighted by atomic mass is 16.5. The van der Waals surface area contributed by atoms with E-state index >= 15 is 0 Å².